The number of rotatable bonds is 6. The van der Waals surface area contributed by atoms with Crippen molar-refractivity contribution in [2.75, 3.05) is 13.6 Å². The zero-order valence-corrected chi connectivity index (χ0v) is 10.4. The Labute approximate surface area is 106 Å². The van der Waals surface area contributed by atoms with Gasteiger partial charge in [-0.3, -0.25) is 4.79 Å². The van der Waals surface area contributed by atoms with Crippen molar-refractivity contribution in [3.63, 3.8) is 0 Å². The number of hydrogen-bond acceptors (Lipinski definition) is 4. The van der Waals surface area contributed by atoms with Gasteiger partial charge in [0, 0.05) is 13.0 Å². The minimum absolute atomic E-state index is 0.0721. The van der Waals surface area contributed by atoms with Gasteiger partial charge < -0.3 is 15.1 Å². The van der Waals surface area contributed by atoms with Crippen LogP contribution in [0.5, 0.6) is 0 Å². The van der Waals surface area contributed by atoms with E-state index in [0.717, 1.165) is 29.6 Å². The van der Waals surface area contributed by atoms with Crippen molar-refractivity contribution in [1.29, 1.82) is 0 Å². The Morgan fingerprint density at radius 2 is 2.33 bits per heavy atom. The molecule has 0 aliphatic heterocycles. The molecule has 5 nitrogen and oxygen atoms in total. The van der Waals surface area contributed by atoms with Gasteiger partial charge in [0.1, 0.15) is 5.52 Å². The Morgan fingerprint density at radius 3 is 3.17 bits per heavy atom. The highest BCUT2D eigenvalue weighted by Crippen LogP contribution is 2.13. The van der Waals surface area contributed by atoms with Crippen LogP contribution in [0.3, 0.4) is 0 Å². The van der Waals surface area contributed by atoms with Crippen LogP contribution in [-0.4, -0.2) is 24.5 Å². The minimum atomic E-state index is 0.0721. The van der Waals surface area contributed by atoms with Crippen LogP contribution >= 0.6 is 0 Å². The first-order chi connectivity index (χ1) is 8.79. The molecule has 0 atom stereocenters. The summed E-state index contributed by atoms with van der Waals surface area (Å²) in [5.74, 6) is 0.0721. The predicted molar refractivity (Wildman–Crippen MR) is 69.0 cm³/mol. The highest BCUT2D eigenvalue weighted by Gasteiger charge is 2.03. The summed E-state index contributed by atoms with van der Waals surface area (Å²) < 4.78 is 5.21. The van der Waals surface area contributed by atoms with Gasteiger partial charge in [0.05, 0.1) is 0 Å². The highest BCUT2D eigenvalue weighted by atomic mass is 16.3. The molecule has 2 aromatic rings. The van der Waals surface area contributed by atoms with Gasteiger partial charge in [0.25, 0.3) is 0 Å². The lowest BCUT2D eigenvalue weighted by atomic mass is 10.2. The number of oxazole rings is 1. The molecule has 1 amide bonds. The van der Waals surface area contributed by atoms with Gasteiger partial charge in [-0.1, -0.05) is 6.07 Å². The molecule has 5 heteroatoms. The largest absolute Gasteiger partial charge is 0.443 e. The predicted octanol–water partition coefficient (Wildman–Crippen LogP) is 1.44. The van der Waals surface area contributed by atoms with Crippen molar-refractivity contribution in [2.45, 2.75) is 19.4 Å². The van der Waals surface area contributed by atoms with Gasteiger partial charge in [-0.05, 0) is 37.7 Å². The average Bonchev–Trinajstić information content (AvgIpc) is 2.84. The van der Waals surface area contributed by atoms with Gasteiger partial charge in [0.15, 0.2) is 12.0 Å². The van der Waals surface area contributed by atoms with Crippen LogP contribution in [0.1, 0.15) is 18.4 Å². The molecule has 0 unspecified atom stereocenters. The zero-order chi connectivity index (χ0) is 12.8. The van der Waals surface area contributed by atoms with E-state index in [9.17, 15) is 4.79 Å². The van der Waals surface area contributed by atoms with Gasteiger partial charge in [-0.25, -0.2) is 4.98 Å². The molecule has 96 valence electrons. The summed E-state index contributed by atoms with van der Waals surface area (Å²) in [4.78, 5) is 15.6. The average molecular weight is 247 g/mol. The topological polar surface area (TPSA) is 67.2 Å². The first-order valence-corrected chi connectivity index (χ1v) is 6.03. The molecular weight excluding hydrogens is 230 g/mol. The number of hydrogen-bond donors (Lipinski definition) is 2. The molecule has 0 aliphatic carbocycles. The van der Waals surface area contributed by atoms with E-state index in [0.29, 0.717) is 13.0 Å². The zero-order valence-electron chi connectivity index (χ0n) is 10.4. The fraction of sp³-hybridized carbons (Fsp3) is 0.385. The Bertz CT molecular complexity index is 522. The van der Waals surface area contributed by atoms with Gasteiger partial charge in [-0.2, -0.15) is 0 Å². The standard InChI is InChI=1S/C13H17N3O2/c1-14-6-2-3-13(17)15-8-10-4-5-11-12(7-10)18-9-16-11/h4-5,7,9,14H,2-3,6,8H2,1H3,(H,15,17). The first kappa shape index (κ1) is 12.6. The molecule has 0 radical (unpaired) electrons. The Morgan fingerprint density at radius 1 is 1.44 bits per heavy atom. The lowest BCUT2D eigenvalue weighted by Crippen LogP contribution is -2.23. The van der Waals surface area contributed by atoms with Crippen LogP contribution in [0.25, 0.3) is 11.1 Å². The van der Waals surface area contributed by atoms with Crippen LogP contribution in [-0.2, 0) is 11.3 Å². The Kier molecular flexibility index (Phi) is 4.30. The Hall–Kier alpha value is -1.88. The van der Waals surface area contributed by atoms with Crippen molar-refractivity contribution in [1.82, 2.24) is 15.6 Å². The summed E-state index contributed by atoms with van der Waals surface area (Å²) in [6.07, 6.45) is 2.82. The maximum atomic E-state index is 11.5. The molecule has 1 heterocycles. The SMILES string of the molecule is CNCCCC(=O)NCc1ccc2ncoc2c1. The first-order valence-electron chi connectivity index (χ1n) is 6.03. The van der Waals surface area contributed by atoms with Gasteiger partial charge >= 0.3 is 0 Å². The molecule has 0 spiro atoms. The van der Waals surface area contributed by atoms with Gasteiger partial charge in [0.2, 0.25) is 5.91 Å². The number of benzene rings is 1. The summed E-state index contributed by atoms with van der Waals surface area (Å²) in [5.41, 5.74) is 2.59. The van der Waals surface area contributed by atoms with E-state index in [1.807, 2.05) is 25.2 Å². The summed E-state index contributed by atoms with van der Waals surface area (Å²) in [5, 5.41) is 5.90. The second-order valence-corrected chi connectivity index (χ2v) is 4.14. The van der Waals surface area contributed by atoms with E-state index < -0.39 is 0 Å². The molecule has 1 aromatic carbocycles. The highest BCUT2D eigenvalue weighted by molar-refractivity contribution is 5.76. The number of aromatic nitrogens is 1. The third-order valence-electron chi connectivity index (χ3n) is 2.72. The third kappa shape index (κ3) is 3.30. The summed E-state index contributed by atoms with van der Waals surface area (Å²) in [6, 6.07) is 5.73. The number of carbonyl (C=O) groups excluding carboxylic acids is 1. The number of nitrogens with zero attached hydrogens (tertiary/aromatic N) is 1. The van der Waals surface area contributed by atoms with Gasteiger partial charge in [-0.15, -0.1) is 0 Å². The van der Waals surface area contributed by atoms with Crippen LogP contribution in [0.15, 0.2) is 29.0 Å². The van der Waals surface area contributed by atoms with Crippen LogP contribution in [0.2, 0.25) is 0 Å². The molecule has 0 fully saturated rings. The molecular formula is C13H17N3O2. The Balaban J connectivity index is 1.83. The lowest BCUT2D eigenvalue weighted by Gasteiger charge is -2.05. The number of nitrogens with one attached hydrogen (secondary N) is 2. The van der Waals surface area contributed by atoms with Crippen molar-refractivity contribution >= 4 is 17.0 Å². The van der Waals surface area contributed by atoms with E-state index in [1.54, 1.807) is 0 Å². The number of carbonyl (C=O) groups is 1. The third-order valence-corrected chi connectivity index (χ3v) is 2.72. The van der Waals surface area contributed by atoms with Crippen LogP contribution in [0.4, 0.5) is 0 Å². The number of fused-ring (bicyclic) bond motifs is 1. The van der Waals surface area contributed by atoms with Crippen LogP contribution in [0, 0.1) is 0 Å². The molecule has 2 N–H and O–H groups in total. The molecule has 0 aliphatic rings. The number of amides is 1. The molecule has 0 bridgehead atoms. The second-order valence-electron chi connectivity index (χ2n) is 4.14. The summed E-state index contributed by atoms with van der Waals surface area (Å²) in [7, 11) is 1.88. The minimum Gasteiger partial charge on any atom is -0.443 e. The fourth-order valence-corrected chi connectivity index (χ4v) is 1.72. The maximum absolute atomic E-state index is 11.5. The molecule has 18 heavy (non-hydrogen) atoms. The molecule has 2 rings (SSSR count). The van der Waals surface area contributed by atoms with Crippen molar-refractivity contribution < 1.29 is 9.21 Å². The summed E-state index contributed by atoms with van der Waals surface area (Å²) >= 11 is 0. The monoisotopic (exact) mass is 247 g/mol. The van der Waals surface area contributed by atoms with Crippen molar-refractivity contribution in [2.24, 2.45) is 0 Å². The summed E-state index contributed by atoms with van der Waals surface area (Å²) in [6.45, 7) is 1.38. The maximum Gasteiger partial charge on any atom is 0.220 e. The van der Waals surface area contributed by atoms with Crippen molar-refractivity contribution in [3.05, 3.63) is 30.2 Å². The molecule has 0 saturated carbocycles. The van der Waals surface area contributed by atoms with E-state index in [2.05, 4.69) is 15.6 Å². The normalized spacial score (nSPS) is 10.7. The second kappa shape index (κ2) is 6.16. The molecule has 0 saturated heterocycles. The molecule has 1 aromatic heterocycles. The van der Waals surface area contributed by atoms with E-state index in [-0.39, 0.29) is 5.91 Å². The fourth-order valence-electron chi connectivity index (χ4n) is 1.72. The smallest absolute Gasteiger partial charge is 0.220 e. The van der Waals surface area contributed by atoms with Crippen LogP contribution < -0.4 is 10.6 Å². The van der Waals surface area contributed by atoms with E-state index in [1.165, 1.54) is 6.39 Å². The van der Waals surface area contributed by atoms with Crippen molar-refractivity contribution in [3.8, 4) is 0 Å². The quantitative estimate of drug-likeness (QED) is 0.758. The van der Waals surface area contributed by atoms with E-state index in [4.69, 9.17) is 4.42 Å². The van der Waals surface area contributed by atoms with E-state index >= 15 is 0 Å². The lowest BCUT2D eigenvalue weighted by molar-refractivity contribution is -0.121.